The lowest BCUT2D eigenvalue weighted by molar-refractivity contribution is -0.394. The summed E-state index contributed by atoms with van der Waals surface area (Å²) in [6, 6.07) is 6.51. The van der Waals surface area contributed by atoms with Crippen molar-refractivity contribution in [2.24, 2.45) is 0 Å². The average molecular weight is 333 g/mol. The van der Waals surface area contributed by atoms with Crippen molar-refractivity contribution in [3.8, 4) is 0 Å². The molecule has 126 valence electrons. The molecule has 2 aromatic rings. The number of para-hydroxylation sites is 1. The van der Waals surface area contributed by atoms with E-state index in [0.29, 0.717) is 18.7 Å². The third-order valence-corrected chi connectivity index (χ3v) is 3.09. The third-order valence-electron chi connectivity index (χ3n) is 3.09. The number of anilines is 1. The van der Waals surface area contributed by atoms with Crippen molar-refractivity contribution >= 4 is 23.5 Å². The first-order valence-electron chi connectivity index (χ1n) is 7.02. The van der Waals surface area contributed by atoms with Gasteiger partial charge in [0.05, 0.1) is 24.9 Å². The lowest BCUT2D eigenvalue weighted by Gasteiger charge is -2.09. The molecule has 0 aliphatic rings. The van der Waals surface area contributed by atoms with E-state index in [1.165, 1.54) is 18.1 Å². The van der Waals surface area contributed by atoms with E-state index >= 15 is 0 Å². The fourth-order valence-electron chi connectivity index (χ4n) is 1.97. The molecule has 0 spiro atoms. The number of hydrogen-bond donors (Lipinski definition) is 1. The van der Waals surface area contributed by atoms with E-state index < -0.39 is 16.8 Å². The summed E-state index contributed by atoms with van der Waals surface area (Å²) in [6.07, 6.45) is 1.80. The number of nitrogens with one attached hydrogen (secondary N) is 1. The van der Waals surface area contributed by atoms with Gasteiger partial charge >= 0.3 is 11.9 Å². The van der Waals surface area contributed by atoms with Gasteiger partial charge in [-0.3, -0.25) is 4.79 Å². The maximum atomic E-state index is 12.0. The molecule has 0 unspecified atom stereocenters. The van der Waals surface area contributed by atoms with Crippen LogP contribution in [0.2, 0.25) is 0 Å². The second-order valence-electron chi connectivity index (χ2n) is 4.75. The number of hydrogen-bond acceptors (Lipinski definition) is 7. The molecule has 1 heterocycles. The zero-order chi connectivity index (χ0) is 17.5. The number of nitrogens with zero attached hydrogens (tertiary/aromatic N) is 4. The number of aromatic nitrogens is 3. The van der Waals surface area contributed by atoms with Gasteiger partial charge in [0.1, 0.15) is 0 Å². The molecular formula is C14H15N5O5. The molecule has 1 aromatic heterocycles. The molecule has 1 amide bonds. The van der Waals surface area contributed by atoms with Gasteiger partial charge in [-0.15, -0.1) is 0 Å². The van der Waals surface area contributed by atoms with Crippen LogP contribution in [-0.2, 0) is 16.1 Å². The molecular weight excluding hydrogens is 318 g/mol. The van der Waals surface area contributed by atoms with Crippen molar-refractivity contribution in [2.45, 2.75) is 19.4 Å². The van der Waals surface area contributed by atoms with E-state index in [0.717, 1.165) is 0 Å². The van der Waals surface area contributed by atoms with E-state index in [-0.39, 0.29) is 17.9 Å². The highest BCUT2D eigenvalue weighted by atomic mass is 16.6. The first-order chi connectivity index (χ1) is 11.5. The van der Waals surface area contributed by atoms with Crippen LogP contribution in [0.15, 0.2) is 30.6 Å². The molecule has 0 fully saturated rings. The van der Waals surface area contributed by atoms with E-state index in [1.807, 2.05) is 0 Å². The Morgan fingerprint density at radius 3 is 2.79 bits per heavy atom. The van der Waals surface area contributed by atoms with Crippen LogP contribution >= 0.6 is 0 Å². The summed E-state index contributed by atoms with van der Waals surface area (Å²) < 4.78 is 5.95. The largest absolute Gasteiger partial charge is 0.490 e. The van der Waals surface area contributed by atoms with Crippen LogP contribution in [0.5, 0.6) is 0 Å². The lowest BCUT2D eigenvalue weighted by atomic mass is 10.1. The number of carbonyl (C=O) groups is 2. The Balaban J connectivity index is 1.87. The van der Waals surface area contributed by atoms with Crippen LogP contribution in [0.1, 0.15) is 23.2 Å². The van der Waals surface area contributed by atoms with E-state index in [9.17, 15) is 19.7 Å². The summed E-state index contributed by atoms with van der Waals surface area (Å²) >= 11 is 0. The second-order valence-corrected chi connectivity index (χ2v) is 4.75. The number of amides is 1. The summed E-state index contributed by atoms with van der Waals surface area (Å²) in [6.45, 7) is 0.312. The van der Waals surface area contributed by atoms with Crippen molar-refractivity contribution in [1.29, 1.82) is 0 Å². The van der Waals surface area contributed by atoms with E-state index in [4.69, 9.17) is 0 Å². The zero-order valence-corrected chi connectivity index (χ0v) is 12.8. The van der Waals surface area contributed by atoms with E-state index in [1.54, 1.807) is 24.3 Å². The summed E-state index contributed by atoms with van der Waals surface area (Å²) in [4.78, 5) is 36.9. The monoisotopic (exact) mass is 333 g/mol. The van der Waals surface area contributed by atoms with Gasteiger partial charge in [-0.05, 0) is 23.5 Å². The van der Waals surface area contributed by atoms with Crippen LogP contribution in [0, 0.1) is 10.1 Å². The van der Waals surface area contributed by atoms with Gasteiger partial charge in [0.25, 0.3) is 0 Å². The minimum atomic E-state index is -0.688. The van der Waals surface area contributed by atoms with E-state index in [2.05, 4.69) is 20.1 Å². The van der Waals surface area contributed by atoms with Crippen molar-refractivity contribution in [3.63, 3.8) is 0 Å². The Labute approximate surface area is 136 Å². The Morgan fingerprint density at radius 1 is 1.38 bits per heavy atom. The number of aryl methyl sites for hydroxylation is 1. The maximum Gasteiger partial charge on any atom is 0.490 e. The molecule has 0 radical (unpaired) electrons. The molecule has 0 aliphatic heterocycles. The first kappa shape index (κ1) is 17.1. The fraction of sp³-hybridized carbons (Fsp3) is 0.286. The number of benzene rings is 1. The molecule has 1 N–H and O–H groups in total. The standard InChI is InChI=1S/C14H15N5O5/c1-24-13(21)10-5-2-3-6-11(10)16-12(20)7-4-8-18-9-15-14(17-18)19(22)23/h2-3,5-6,9H,4,7-8H2,1H3,(H,16,20). The maximum absolute atomic E-state index is 12.0. The SMILES string of the molecule is COC(=O)c1ccccc1NC(=O)CCCn1cnc([N+](=O)[O-])n1. The van der Waals surface area contributed by atoms with Gasteiger partial charge in [0.2, 0.25) is 12.2 Å². The molecule has 10 nitrogen and oxygen atoms in total. The molecule has 0 atom stereocenters. The Morgan fingerprint density at radius 2 is 2.12 bits per heavy atom. The number of rotatable bonds is 7. The number of nitro groups is 1. The highest BCUT2D eigenvalue weighted by molar-refractivity contribution is 6.01. The molecule has 1 aromatic carbocycles. The molecule has 0 bridgehead atoms. The van der Waals surface area contributed by atoms with Crippen LogP contribution in [-0.4, -0.2) is 38.7 Å². The lowest BCUT2D eigenvalue weighted by Crippen LogP contribution is -2.15. The van der Waals surface area contributed by atoms with Gasteiger partial charge in [0, 0.05) is 11.5 Å². The number of carbonyl (C=O) groups excluding carboxylic acids is 2. The van der Waals surface area contributed by atoms with Gasteiger partial charge in [0.15, 0.2) is 0 Å². The normalized spacial score (nSPS) is 10.2. The van der Waals surface area contributed by atoms with Gasteiger partial charge in [-0.1, -0.05) is 17.1 Å². The van der Waals surface area contributed by atoms with Crippen LogP contribution in [0.25, 0.3) is 0 Å². The predicted octanol–water partition coefficient (Wildman–Crippen LogP) is 1.39. The van der Waals surface area contributed by atoms with Gasteiger partial charge < -0.3 is 20.2 Å². The van der Waals surface area contributed by atoms with Crippen molar-refractivity contribution < 1.29 is 19.2 Å². The summed E-state index contributed by atoms with van der Waals surface area (Å²) in [5.74, 6) is -1.31. The fourth-order valence-corrected chi connectivity index (χ4v) is 1.97. The Bertz CT molecular complexity index is 758. The summed E-state index contributed by atoms with van der Waals surface area (Å²) in [7, 11) is 1.26. The molecule has 24 heavy (non-hydrogen) atoms. The van der Waals surface area contributed by atoms with Crippen molar-refractivity contribution in [2.75, 3.05) is 12.4 Å². The topological polar surface area (TPSA) is 129 Å². The molecule has 2 rings (SSSR count). The quantitative estimate of drug-likeness (QED) is 0.460. The molecule has 10 heteroatoms. The number of ether oxygens (including phenoxy) is 1. The number of esters is 1. The van der Waals surface area contributed by atoms with Crippen LogP contribution < -0.4 is 5.32 Å². The van der Waals surface area contributed by atoms with Crippen LogP contribution in [0.3, 0.4) is 0 Å². The molecule has 0 saturated carbocycles. The van der Waals surface area contributed by atoms with Gasteiger partial charge in [-0.25, -0.2) is 4.79 Å². The molecule has 0 saturated heterocycles. The van der Waals surface area contributed by atoms with Gasteiger partial charge in [-0.2, -0.15) is 4.68 Å². The van der Waals surface area contributed by atoms with Crippen molar-refractivity contribution in [1.82, 2.24) is 14.8 Å². The predicted molar refractivity (Wildman–Crippen MR) is 82.3 cm³/mol. The second kappa shape index (κ2) is 7.81. The highest BCUT2D eigenvalue weighted by Crippen LogP contribution is 2.16. The minimum Gasteiger partial charge on any atom is -0.465 e. The molecule has 0 aliphatic carbocycles. The Hall–Kier alpha value is -3.30. The average Bonchev–Trinajstić information content (AvgIpc) is 3.04. The summed E-state index contributed by atoms with van der Waals surface area (Å²) in [5, 5.41) is 16.8. The highest BCUT2D eigenvalue weighted by Gasteiger charge is 2.15. The van der Waals surface area contributed by atoms with Crippen LogP contribution in [0.4, 0.5) is 11.6 Å². The summed E-state index contributed by atoms with van der Waals surface area (Å²) in [5.41, 5.74) is 0.631. The third kappa shape index (κ3) is 4.35. The minimum absolute atomic E-state index is 0.156. The zero-order valence-electron chi connectivity index (χ0n) is 12.8. The van der Waals surface area contributed by atoms with Crippen molar-refractivity contribution in [3.05, 3.63) is 46.3 Å². The first-order valence-corrected chi connectivity index (χ1v) is 7.02. The number of methoxy groups -OCH3 is 1. The Kier molecular flexibility index (Phi) is 5.55. The smallest absolute Gasteiger partial charge is 0.465 e.